The van der Waals surface area contributed by atoms with Gasteiger partial charge in [0.25, 0.3) is 11.8 Å². The van der Waals surface area contributed by atoms with Crippen molar-refractivity contribution in [2.75, 3.05) is 13.2 Å². The predicted octanol–water partition coefficient (Wildman–Crippen LogP) is 2.08. The quantitative estimate of drug-likeness (QED) is 0.237. The number of hydrogen-bond donors (Lipinski definition) is 5. The molecule has 2 aromatic carbocycles. The molecule has 198 valence electrons. The highest BCUT2D eigenvalue weighted by molar-refractivity contribution is 5.82. The number of carbonyl (C=O) groups is 2. The number of carbonyl (C=O) groups excluding carboxylic acids is 2. The number of hydrogen-bond acceptors (Lipinski definition) is 7. The number of nitrogens with zero attached hydrogens (tertiary/aromatic N) is 2. The van der Waals surface area contributed by atoms with Crippen LogP contribution in [-0.4, -0.2) is 67.7 Å². The Labute approximate surface area is 216 Å². The third kappa shape index (κ3) is 4.51. The van der Waals surface area contributed by atoms with Crippen LogP contribution in [0.25, 0.3) is 21.8 Å². The lowest BCUT2D eigenvalue weighted by atomic mass is 9.60. The van der Waals surface area contributed by atoms with Crippen molar-refractivity contribution in [3.63, 3.8) is 0 Å². The van der Waals surface area contributed by atoms with Crippen LogP contribution >= 0.6 is 0 Å². The van der Waals surface area contributed by atoms with Gasteiger partial charge in [-0.2, -0.15) is 10.2 Å². The van der Waals surface area contributed by atoms with Crippen molar-refractivity contribution in [2.45, 2.75) is 49.3 Å². The second-order valence-electron chi connectivity index (χ2n) is 10.2. The van der Waals surface area contributed by atoms with Crippen LogP contribution in [0.15, 0.2) is 42.7 Å². The molecule has 3 aliphatic carbocycles. The Morgan fingerprint density at radius 3 is 2.42 bits per heavy atom. The minimum atomic E-state index is -0.826. The van der Waals surface area contributed by atoms with Gasteiger partial charge in [0.2, 0.25) is 0 Å². The van der Waals surface area contributed by atoms with E-state index in [4.69, 9.17) is 9.47 Å². The number of halogens is 1. The number of fused-ring (bicyclic) bond motifs is 5. The van der Waals surface area contributed by atoms with E-state index in [-0.39, 0.29) is 30.8 Å². The Hall–Kier alpha value is -4.19. The first-order valence-corrected chi connectivity index (χ1v) is 12.4. The molecule has 7 rings (SSSR count). The van der Waals surface area contributed by atoms with Gasteiger partial charge >= 0.3 is 0 Å². The number of aromatic amines is 2. The highest BCUT2D eigenvalue weighted by Crippen LogP contribution is 2.47. The molecule has 38 heavy (non-hydrogen) atoms. The fourth-order valence-corrected chi connectivity index (χ4v) is 5.68. The number of aliphatic hydroxyl groups excluding tert-OH is 1. The summed E-state index contributed by atoms with van der Waals surface area (Å²) in [5, 5.41) is 31.6. The summed E-state index contributed by atoms with van der Waals surface area (Å²) >= 11 is 0. The van der Waals surface area contributed by atoms with E-state index in [1.54, 1.807) is 24.4 Å². The zero-order valence-corrected chi connectivity index (χ0v) is 20.4. The van der Waals surface area contributed by atoms with E-state index in [9.17, 15) is 19.1 Å². The summed E-state index contributed by atoms with van der Waals surface area (Å²) in [7, 11) is 0. The Morgan fingerprint density at radius 2 is 1.63 bits per heavy atom. The number of aromatic nitrogens is 4. The van der Waals surface area contributed by atoms with Crippen molar-refractivity contribution >= 4 is 33.6 Å². The predicted molar refractivity (Wildman–Crippen MR) is 134 cm³/mol. The summed E-state index contributed by atoms with van der Waals surface area (Å²) in [6, 6.07) is 8.19. The molecule has 1 unspecified atom stereocenters. The topological polar surface area (TPSA) is 154 Å². The number of rotatable bonds is 8. The van der Waals surface area contributed by atoms with Crippen molar-refractivity contribution in [3.8, 4) is 11.5 Å². The van der Waals surface area contributed by atoms with E-state index in [1.807, 2.05) is 6.07 Å². The van der Waals surface area contributed by atoms with Crippen LogP contribution in [0.1, 0.15) is 32.1 Å². The third-order valence-electron chi connectivity index (χ3n) is 7.75. The second-order valence-corrected chi connectivity index (χ2v) is 10.2. The van der Waals surface area contributed by atoms with Crippen LogP contribution < -0.4 is 20.1 Å². The van der Waals surface area contributed by atoms with E-state index >= 15 is 0 Å². The molecule has 3 fully saturated rings. The van der Waals surface area contributed by atoms with E-state index in [1.165, 1.54) is 12.3 Å². The van der Waals surface area contributed by atoms with Gasteiger partial charge in [-0.1, -0.05) is 0 Å². The van der Waals surface area contributed by atoms with Crippen LogP contribution in [0.3, 0.4) is 0 Å². The van der Waals surface area contributed by atoms with Crippen molar-refractivity contribution in [1.29, 1.82) is 0 Å². The number of H-pyrrole nitrogens is 2. The van der Waals surface area contributed by atoms with Crippen molar-refractivity contribution in [1.82, 2.24) is 31.0 Å². The van der Waals surface area contributed by atoms with Gasteiger partial charge in [0.15, 0.2) is 13.2 Å². The largest absolute Gasteiger partial charge is 0.484 e. The van der Waals surface area contributed by atoms with Crippen LogP contribution in [-0.2, 0) is 9.59 Å². The molecular weight excluding hydrogens is 495 g/mol. The van der Waals surface area contributed by atoms with Crippen molar-refractivity contribution in [3.05, 3.63) is 48.5 Å². The first kappa shape index (κ1) is 24.2. The summed E-state index contributed by atoms with van der Waals surface area (Å²) in [6.45, 7) is -0.473. The Balaban J connectivity index is 1.01. The third-order valence-corrected chi connectivity index (χ3v) is 7.75. The highest BCUT2D eigenvalue weighted by Gasteiger charge is 2.55. The summed E-state index contributed by atoms with van der Waals surface area (Å²) < 4.78 is 25.3. The molecule has 2 bridgehead atoms. The molecule has 3 saturated carbocycles. The second kappa shape index (κ2) is 9.28. The Kier molecular flexibility index (Phi) is 5.90. The first-order valence-electron chi connectivity index (χ1n) is 12.4. The van der Waals surface area contributed by atoms with Gasteiger partial charge in [0.1, 0.15) is 17.3 Å². The molecule has 0 radical (unpaired) electrons. The average molecular weight is 523 g/mol. The molecule has 0 spiro atoms. The van der Waals surface area contributed by atoms with Crippen LogP contribution in [0, 0.1) is 5.82 Å². The van der Waals surface area contributed by atoms with Gasteiger partial charge in [0.05, 0.1) is 40.5 Å². The maximum atomic E-state index is 14.1. The van der Waals surface area contributed by atoms with Crippen LogP contribution in [0.5, 0.6) is 11.5 Å². The summed E-state index contributed by atoms with van der Waals surface area (Å²) in [4.78, 5) is 25.4. The summed E-state index contributed by atoms with van der Waals surface area (Å²) in [5.41, 5.74) is -0.0510. The Bertz CT molecular complexity index is 1510. The molecule has 2 aromatic heterocycles. The maximum absolute atomic E-state index is 14.1. The molecular formula is C26H27FN6O5. The SMILES string of the molecule is O=C(COc1cc(F)c2cn[nH]c2c1)NC12CCC(NC(=O)COc3ccc4cn[nH]c4c3)(CC1)C(O)C2. The number of ether oxygens (including phenoxy) is 2. The average Bonchev–Trinajstić information content (AvgIpc) is 3.57. The van der Waals surface area contributed by atoms with Crippen molar-refractivity contribution < 1.29 is 28.6 Å². The van der Waals surface area contributed by atoms with Crippen LogP contribution in [0.2, 0.25) is 0 Å². The van der Waals surface area contributed by atoms with Gasteiger partial charge in [-0.05, 0) is 44.2 Å². The molecule has 2 amide bonds. The molecule has 1 atom stereocenters. The van der Waals surface area contributed by atoms with Gasteiger partial charge in [0, 0.05) is 29.1 Å². The van der Waals surface area contributed by atoms with Gasteiger partial charge in [-0.15, -0.1) is 0 Å². The van der Waals surface area contributed by atoms with E-state index in [2.05, 4.69) is 31.0 Å². The standard InChI is InChI=1S/C26H27FN6O5/c27-19-7-17(9-21-18(19)12-29-33-21)38-13-23(35)30-25-3-5-26(6-4-25,22(34)10-25)31-24(36)14-37-16-2-1-15-11-28-32-20(15)8-16/h1-2,7-9,11-12,22,34H,3-6,10,13-14H2,(H,28,32)(H,29,33)(H,30,35)(H,31,36). The first-order chi connectivity index (χ1) is 18.3. The van der Waals surface area contributed by atoms with Crippen LogP contribution in [0.4, 0.5) is 4.39 Å². The zero-order chi connectivity index (χ0) is 26.3. The number of nitrogens with one attached hydrogen (secondary N) is 4. The van der Waals surface area contributed by atoms with E-state index < -0.39 is 23.0 Å². The fraction of sp³-hybridized carbons (Fsp3) is 0.385. The maximum Gasteiger partial charge on any atom is 0.258 e. The molecule has 3 aliphatic rings. The van der Waals surface area contributed by atoms with Gasteiger partial charge in [-0.3, -0.25) is 19.8 Å². The van der Waals surface area contributed by atoms with E-state index in [0.29, 0.717) is 48.8 Å². The lowest BCUT2D eigenvalue weighted by Gasteiger charge is -2.56. The summed E-state index contributed by atoms with van der Waals surface area (Å²) in [6.07, 6.45) is 4.81. The molecule has 2 heterocycles. The Morgan fingerprint density at radius 1 is 0.947 bits per heavy atom. The number of aliphatic hydroxyl groups is 1. The normalized spacial score (nSPS) is 24.4. The molecule has 0 saturated heterocycles. The molecule has 5 N–H and O–H groups in total. The lowest BCUT2D eigenvalue weighted by molar-refractivity contribution is -0.137. The zero-order valence-electron chi connectivity index (χ0n) is 20.4. The minimum absolute atomic E-state index is 0.182. The summed E-state index contributed by atoms with van der Waals surface area (Å²) in [5.74, 6) is -0.410. The molecule has 4 aromatic rings. The van der Waals surface area contributed by atoms with E-state index in [0.717, 1.165) is 10.9 Å². The highest BCUT2D eigenvalue weighted by atomic mass is 19.1. The molecule has 0 aliphatic heterocycles. The van der Waals surface area contributed by atoms with Gasteiger partial charge in [-0.25, -0.2) is 4.39 Å². The number of amides is 2. The monoisotopic (exact) mass is 522 g/mol. The molecule has 12 heteroatoms. The lowest BCUT2D eigenvalue weighted by Crippen LogP contribution is -2.70. The van der Waals surface area contributed by atoms with Gasteiger partial charge < -0.3 is 25.2 Å². The van der Waals surface area contributed by atoms with Crippen molar-refractivity contribution in [2.24, 2.45) is 0 Å². The number of benzene rings is 2. The fourth-order valence-electron chi connectivity index (χ4n) is 5.68. The minimum Gasteiger partial charge on any atom is -0.484 e. The smallest absolute Gasteiger partial charge is 0.258 e. The molecule has 11 nitrogen and oxygen atoms in total.